The standard InChI is InChI=1S/C10H16BrN3/c1-5-4-8(6(5)2)14-10(12)9(11)7(3)13-14/h5-6,8H,4,12H2,1-3H3. The van der Waals surface area contributed by atoms with Crippen molar-refractivity contribution in [3.8, 4) is 0 Å². The van der Waals surface area contributed by atoms with Gasteiger partial charge in [-0.25, -0.2) is 4.68 Å². The number of halogens is 1. The van der Waals surface area contributed by atoms with Crippen LogP contribution in [0, 0.1) is 18.8 Å². The lowest BCUT2D eigenvalue weighted by Crippen LogP contribution is -2.35. The molecule has 0 radical (unpaired) electrons. The second-order valence-electron chi connectivity index (χ2n) is 4.37. The van der Waals surface area contributed by atoms with Crippen molar-refractivity contribution in [1.29, 1.82) is 0 Å². The lowest BCUT2D eigenvalue weighted by Gasteiger charge is -2.41. The number of nitrogens with zero attached hydrogens (tertiary/aromatic N) is 2. The van der Waals surface area contributed by atoms with E-state index >= 15 is 0 Å². The van der Waals surface area contributed by atoms with Gasteiger partial charge < -0.3 is 5.73 Å². The maximum Gasteiger partial charge on any atom is 0.136 e. The molecule has 3 unspecified atom stereocenters. The van der Waals surface area contributed by atoms with Crippen molar-refractivity contribution in [2.45, 2.75) is 33.2 Å². The van der Waals surface area contributed by atoms with E-state index in [1.165, 1.54) is 6.42 Å². The fraction of sp³-hybridized carbons (Fsp3) is 0.700. The Balaban J connectivity index is 2.30. The highest BCUT2D eigenvalue weighted by Gasteiger charge is 2.37. The Bertz CT molecular complexity index is 358. The first-order valence-electron chi connectivity index (χ1n) is 5.02. The summed E-state index contributed by atoms with van der Waals surface area (Å²) in [6.45, 7) is 6.52. The first kappa shape index (κ1) is 10.0. The molecule has 3 nitrogen and oxygen atoms in total. The summed E-state index contributed by atoms with van der Waals surface area (Å²) in [6, 6.07) is 0.495. The van der Waals surface area contributed by atoms with E-state index in [0.717, 1.165) is 21.9 Å². The van der Waals surface area contributed by atoms with Crippen LogP contribution >= 0.6 is 15.9 Å². The fourth-order valence-corrected chi connectivity index (χ4v) is 2.38. The van der Waals surface area contributed by atoms with Crippen LogP contribution in [0.5, 0.6) is 0 Å². The monoisotopic (exact) mass is 257 g/mol. The van der Waals surface area contributed by atoms with Gasteiger partial charge >= 0.3 is 0 Å². The van der Waals surface area contributed by atoms with Crippen LogP contribution in [0.1, 0.15) is 32.0 Å². The van der Waals surface area contributed by atoms with Crippen LogP contribution in [-0.4, -0.2) is 9.78 Å². The number of nitrogens with two attached hydrogens (primary N) is 1. The van der Waals surface area contributed by atoms with E-state index in [-0.39, 0.29) is 0 Å². The SMILES string of the molecule is Cc1nn(C2CC(C)C2C)c(N)c1Br. The Kier molecular flexibility index (Phi) is 2.33. The second-order valence-corrected chi connectivity index (χ2v) is 5.16. The Hall–Kier alpha value is -0.510. The molecule has 0 spiro atoms. The number of nitrogen functional groups attached to an aromatic ring is 1. The van der Waals surface area contributed by atoms with Crippen LogP contribution in [0.2, 0.25) is 0 Å². The molecular weight excluding hydrogens is 242 g/mol. The predicted molar refractivity (Wildman–Crippen MR) is 61.1 cm³/mol. The van der Waals surface area contributed by atoms with Crippen LogP contribution in [0.3, 0.4) is 0 Å². The first-order valence-corrected chi connectivity index (χ1v) is 5.81. The van der Waals surface area contributed by atoms with E-state index in [1.54, 1.807) is 0 Å². The number of hydrogen-bond acceptors (Lipinski definition) is 2. The molecule has 1 saturated carbocycles. The molecule has 4 heteroatoms. The maximum absolute atomic E-state index is 5.98. The number of rotatable bonds is 1. The molecule has 2 rings (SSSR count). The van der Waals surface area contributed by atoms with E-state index < -0.39 is 0 Å². The van der Waals surface area contributed by atoms with Crippen molar-refractivity contribution in [3.05, 3.63) is 10.2 Å². The molecule has 0 amide bonds. The zero-order chi connectivity index (χ0) is 10.5. The van der Waals surface area contributed by atoms with Crippen LogP contribution in [0.4, 0.5) is 5.82 Å². The van der Waals surface area contributed by atoms with Gasteiger partial charge in [0.15, 0.2) is 0 Å². The third-order valence-electron chi connectivity index (χ3n) is 3.48. The van der Waals surface area contributed by atoms with Crippen molar-refractivity contribution < 1.29 is 0 Å². The van der Waals surface area contributed by atoms with E-state index in [2.05, 4.69) is 34.9 Å². The van der Waals surface area contributed by atoms with E-state index in [0.29, 0.717) is 12.0 Å². The molecule has 2 N–H and O–H groups in total. The van der Waals surface area contributed by atoms with Crippen LogP contribution in [-0.2, 0) is 0 Å². The average Bonchev–Trinajstić information content (AvgIpc) is 2.41. The highest BCUT2D eigenvalue weighted by molar-refractivity contribution is 9.10. The van der Waals surface area contributed by atoms with E-state index in [4.69, 9.17) is 5.73 Å². The average molecular weight is 258 g/mol. The fourth-order valence-electron chi connectivity index (χ4n) is 2.11. The van der Waals surface area contributed by atoms with Gasteiger partial charge in [0.1, 0.15) is 5.82 Å². The summed E-state index contributed by atoms with van der Waals surface area (Å²) < 4.78 is 2.92. The lowest BCUT2D eigenvalue weighted by atomic mass is 9.71. The predicted octanol–water partition coefficient (Wildman–Crippen LogP) is 2.75. The Morgan fingerprint density at radius 1 is 1.50 bits per heavy atom. The van der Waals surface area contributed by atoms with Crippen LogP contribution in [0.25, 0.3) is 0 Å². The Morgan fingerprint density at radius 2 is 2.14 bits per heavy atom. The Labute approximate surface area is 92.8 Å². The molecule has 1 aromatic heterocycles. The van der Waals surface area contributed by atoms with Crippen molar-refractivity contribution in [2.24, 2.45) is 11.8 Å². The van der Waals surface area contributed by atoms with Crippen molar-refractivity contribution in [2.75, 3.05) is 5.73 Å². The van der Waals surface area contributed by atoms with Gasteiger partial charge in [0.05, 0.1) is 16.2 Å². The van der Waals surface area contributed by atoms with Gasteiger partial charge in [-0.2, -0.15) is 5.10 Å². The number of hydrogen-bond donors (Lipinski definition) is 1. The highest BCUT2D eigenvalue weighted by atomic mass is 79.9. The van der Waals surface area contributed by atoms with Crippen LogP contribution in [0.15, 0.2) is 4.47 Å². The number of aromatic nitrogens is 2. The van der Waals surface area contributed by atoms with Gasteiger partial charge in [0, 0.05) is 0 Å². The third-order valence-corrected chi connectivity index (χ3v) is 4.46. The quantitative estimate of drug-likeness (QED) is 0.841. The summed E-state index contributed by atoms with van der Waals surface area (Å²) in [5.74, 6) is 2.25. The van der Waals surface area contributed by atoms with Crippen molar-refractivity contribution in [3.63, 3.8) is 0 Å². The normalized spacial score (nSPS) is 31.6. The molecule has 1 aliphatic carbocycles. The molecular formula is C10H16BrN3. The summed E-state index contributed by atoms with van der Waals surface area (Å²) in [7, 11) is 0. The maximum atomic E-state index is 5.98. The third kappa shape index (κ3) is 1.28. The summed E-state index contributed by atoms with van der Waals surface area (Å²) in [6.07, 6.45) is 1.19. The Morgan fingerprint density at radius 3 is 2.50 bits per heavy atom. The lowest BCUT2D eigenvalue weighted by molar-refractivity contribution is 0.102. The zero-order valence-corrected chi connectivity index (χ0v) is 10.4. The summed E-state index contributed by atoms with van der Waals surface area (Å²) in [5.41, 5.74) is 6.96. The molecule has 0 aromatic carbocycles. The summed E-state index contributed by atoms with van der Waals surface area (Å²) >= 11 is 3.45. The molecule has 0 bridgehead atoms. The van der Waals surface area contributed by atoms with Crippen molar-refractivity contribution >= 4 is 21.7 Å². The van der Waals surface area contributed by atoms with Crippen LogP contribution < -0.4 is 5.73 Å². The summed E-state index contributed by atoms with van der Waals surface area (Å²) in [4.78, 5) is 0. The zero-order valence-electron chi connectivity index (χ0n) is 8.79. The van der Waals surface area contributed by atoms with Gasteiger partial charge in [0.2, 0.25) is 0 Å². The van der Waals surface area contributed by atoms with E-state index in [1.807, 2.05) is 11.6 Å². The topological polar surface area (TPSA) is 43.8 Å². The summed E-state index contributed by atoms with van der Waals surface area (Å²) in [5, 5.41) is 4.46. The highest BCUT2D eigenvalue weighted by Crippen LogP contribution is 2.45. The molecule has 3 atom stereocenters. The molecule has 1 fully saturated rings. The molecule has 1 aliphatic rings. The molecule has 1 aromatic rings. The minimum Gasteiger partial charge on any atom is -0.383 e. The van der Waals surface area contributed by atoms with Crippen molar-refractivity contribution in [1.82, 2.24) is 9.78 Å². The van der Waals surface area contributed by atoms with Gasteiger partial charge in [-0.15, -0.1) is 0 Å². The number of anilines is 1. The van der Waals surface area contributed by atoms with Gasteiger partial charge in [0.25, 0.3) is 0 Å². The molecule has 78 valence electrons. The minimum atomic E-state index is 0.495. The van der Waals surface area contributed by atoms with Gasteiger partial charge in [-0.05, 0) is 41.1 Å². The molecule has 1 heterocycles. The molecule has 0 aliphatic heterocycles. The smallest absolute Gasteiger partial charge is 0.136 e. The molecule has 14 heavy (non-hydrogen) atoms. The number of aryl methyl sites for hydroxylation is 1. The minimum absolute atomic E-state index is 0.495. The van der Waals surface area contributed by atoms with Gasteiger partial charge in [-0.3, -0.25) is 0 Å². The largest absolute Gasteiger partial charge is 0.383 e. The molecule has 0 saturated heterocycles. The van der Waals surface area contributed by atoms with Gasteiger partial charge in [-0.1, -0.05) is 13.8 Å². The van der Waals surface area contributed by atoms with E-state index in [9.17, 15) is 0 Å². The first-order chi connectivity index (χ1) is 6.52. The second kappa shape index (κ2) is 3.26.